The first-order valence-corrected chi connectivity index (χ1v) is 4.84. The molecule has 1 atom stereocenters. The summed E-state index contributed by atoms with van der Waals surface area (Å²) in [6, 6.07) is 3.70. The molecule has 1 aromatic rings. The van der Waals surface area contributed by atoms with Gasteiger partial charge in [0.1, 0.15) is 11.2 Å². The average Bonchev–Trinajstić information content (AvgIpc) is 2.26. The highest BCUT2D eigenvalue weighted by Crippen LogP contribution is 2.09. The maximum absolute atomic E-state index is 7.76. The van der Waals surface area contributed by atoms with Crippen LogP contribution < -0.4 is 15.5 Å². The van der Waals surface area contributed by atoms with Gasteiger partial charge in [-0.2, -0.15) is 0 Å². The lowest BCUT2D eigenvalue weighted by molar-refractivity contribution is 0.401. The molecule has 0 saturated heterocycles. The molecular formula is C11H17N3O. The van der Waals surface area contributed by atoms with E-state index in [1.807, 2.05) is 17.7 Å². The molecule has 0 bridgehead atoms. The van der Waals surface area contributed by atoms with Crippen molar-refractivity contribution in [1.82, 2.24) is 9.88 Å². The molecule has 0 spiro atoms. The number of pyridine rings is 1. The molecule has 0 aliphatic heterocycles. The fourth-order valence-corrected chi connectivity index (χ4v) is 1.33. The molecule has 0 unspecified atom stereocenters. The van der Waals surface area contributed by atoms with Crippen molar-refractivity contribution < 1.29 is 4.74 Å². The molecule has 4 nitrogen and oxygen atoms in total. The zero-order valence-electron chi connectivity index (χ0n) is 9.16. The highest BCUT2D eigenvalue weighted by Gasteiger charge is 2.04. The van der Waals surface area contributed by atoms with E-state index in [0.29, 0.717) is 5.49 Å². The number of ether oxygens (including phenoxy) is 1. The van der Waals surface area contributed by atoms with E-state index >= 15 is 0 Å². The van der Waals surface area contributed by atoms with Crippen LogP contribution in [-0.4, -0.2) is 18.2 Å². The summed E-state index contributed by atoms with van der Waals surface area (Å²) in [6.45, 7) is 6.37. The van der Waals surface area contributed by atoms with Crippen LogP contribution >= 0.6 is 0 Å². The summed E-state index contributed by atoms with van der Waals surface area (Å²) in [5, 5.41) is 10.8. The molecule has 2 N–H and O–H groups in total. The predicted octanol–water partition coefficient (Wildman–Crippen LogP) is 1.27. The van der Waals surface area contributed by atoms with Crippen molar-refractivity contribution in [2.45, 2.75) is 13.0 Å². The van der Waals surface area contributed by atoms with Crippen molar-refractivity contribution in [1.29, 1.82) is 5.41 Å². The van der Waals surface area contributed by atoms with E-state index in [9.17, 15) is 0 Å². The van der Waals surface area contributed by atoms with E-state index in [0.717, 1.165) is 12.3 Å². The van der Waals surface area contributed by atoms with Crippen LogP contribution in [0.3, 0.4) is 0 Å². The van der Waals surface area contributed by atoms with Gasteiger partial charge in [0, 0.05) is 18.8 Å². The fraction of sp³-hybridized carbons (Fsp3) is 0.364. The minimum absolute atomic E-state index is 0.186. The number of rotatable bonds is 5. The maximum atomic E-state index is 7.76. The minimum atomic E-state index is 0.186. The van der Waals surface area contributed by atoms with Crippen LogP contribution in [0.1, 0.15) is 13.0 Å². The SMILES string of the molecule is C=CNC[C@H](C)n1cc(OC)ccc1=N. The van der Waals surface area contributed by atoms with Gasteiger partial charge in [-0.3, -0.25) is 5.41 Å². The van der Waals surface area contributed by atoms with Crippen molar-refractivity contribution in [3.63, 3.8) is 0 Å². The molecule has 1 rings (SSSR count). The third-order valence-electron chi connectivity index (χ3n) is 2.22. The Morgan fingerprint density at radius 3 is 3.00 bits per heavy atom. The summed E-state index contributed by atoms with van der Waals surface area (Å²) in [5.41, 5.74) is 0.467. The molecule has 1 heterocycles. The van der Waals surface area contributed by atoms with Gasteiger partial charge in [0.15, 0.2) is 0 Å². The average molecular weight is 207 g/mol. The number of hydrogen-bond donors (Lipinski definition) is 2. The lowest BCUT2D eigenvalue weighted by atomic mass is 10.3. The lowest BCUT2D eigenvalue weighted by Crippen LogP contribution is -2.28. The lowest BCUT2D eigenvalue weighted by Gasteiger charge is -2.16. The first-order chi connectivity index (χ1) is 7.19. The third kappa shape index (κ3) is 2.87. The largest absolute Gasteiger partial charge is 0.495 e. The summed E-state index contributed by atoms with van der Waals surface area (Å²) in [7, 11) is 1.62. The Kier molecular flexibility index (Phi) is 3.97. The minimum Gasteiger partial charge on any atom is -0.495 e. The van der Waals surface area contributed by atoms with Gasteiger partial charge in [0.2, 0.25) is 0 Å². The van der Waals surface area contributed by atoms with Gasteiger partial charge in [-0.05, 0) is 25.3 Å². The molecule has 0 aromatic carbocycles. The van der Waals surface area contributed by atoms with Crippen LogP contribution in [0.2, 0.25) is 0 Å². The van der Waals surface area contributed by atoms with E-state index in [1.54, 1.807) is 25.4 Å². The molecule has 0 amide bonds. The fourth-order valence-electron chi connectivity index (χ4n) is 1.33. The topological polar surface area (TPSA) is 50.0 Å². The zero-order valence-corrected chi connectivity index (χ0v) is 9.16. The second-order valence-electron chi connectivity index (χ2n) is 3.32. The standard InChI is InChI=1S/C11H17N3O/c1-4-13-7-9(2)14-8-10(15-3)5-6-11(14)12/h4-6,8-9,12-13H,1,7H2,2-3H3/t9-/m0/s1. The quantitative estimate of drug-likeness (QED) is 0.764. The van der Waals surface area contributed by atoms with Crippen LogP contribution in [0, 0.1) is 5.41 Å². The number of nitrogens with zero attached hydrogens (tertiary/aromatic N) is 1. The molecule has 0 aliphatic rings. The second-order valence-corrected chi connectivity index (χ2v) is 3.32. The molecule has 0 fully saturated rings. The monoisotopic (exact) mass is 207 g/mol. The van der Waals surface area contributed by atoms with Crippen LogP contribution in [-0.2, 0) is 0 Å². The normalized spacial score (nSPS) is 11.9. The third-order valence-corrected chi connectivity index (χ3v) is 2.22. The van der Waals surface area contributed by atoms with Crippen molar-refractivity contribution >= 4 is 0 Å². The Morgan fingerprint density at radius 1 is 1.67 bits per heavy atom. The van der Waals surface area contributed by atoms with E-state index in [-0.39, 0.29) is 6.04 Å². The van der Waals surface area contributed by atoms with Crippen LogP contribution in [0.25, 0.3) is 0 Å². The van der Waals surface area contributed by atoms with E-state index < -0.39 is 0 Å². The van der Waals surface area contributed by atoms with E-state index in [1.165, 1.54) is 0 Å². The summed E-state index contributed by atoms with van der Waals surface area (Å²) >= 11 is 0. The molecule has 1 aromatic heterocycles. The molecule has 0 aliphatic carbocycles. The van der Waals surface area contributed by atoms with Crippen LogP contribution in [0.4, 0.5) is 0 Å². The molecule has 0 saturated carbocycles. The summed E-state index contributed by atoms with van der Waals surface area (Å²) in [5.74, 6) is 0.761. The Labute approximate surface area is 89.7 Å². The number of hydrogen-bond acceptors (Lipinski definition) is 3. The van der Waals surface area contributed by atoms with Crippen LogP contribution in [0.5, 0.6) is 5.75 Å². The Balaban J connectivity index is 2.90. The molecule has 82 valence electrons. The van der Waals surface area contributed by atoms with Crippen molar-refractivity contribution in [3.8, 4) is 5.75 Å². The second kappa shape index (κ2) is 5.24. The molecule has 4 heteroatoms. The van der Waals surface area contributed by atoms with Crippen LogP contribution in [0.15, 0.2) is 31.1 Å². The number of nitrogens with one attached hydrogen (secondary N) is 2. The van der Waals surface area contributed by atoms with Gasteiger partial charge in [0.05, 0.1) is 7.11 Å². The van der Waals surface area contributed by atoms with Crippen molar-refractivity contribution in [2.75, 3.05) is 13.7 Å². The van der Waals surface area contributed by atoms with E-state index in [4.69, 9.17) is 10.1 Å². The Hall–Kier alpha value is -1.71. The van der Waals surface area contributed by atoms with Gasteiger partial charge in [-0.25, -0.2) is 0 Å². The first kappa shape index (κ1) is 11.4. The highest BCUT2D eigenvalue weighted by molar-refractivity contribution is 5.16. The summed E-state index contributed by atoms with van der Waals surface area (Å²) < 4.78 is 6.98. The first-order valence-electron chi connectivity index (χ1n) is 4.84. The predicted molar refractivity (Wildman–Crippen MR) is 59.7 cm³/mol. The highest BCUT2D eigenvalue weighted by atomic mass is 16.5. The summed E-state index contributed by atoms with van der Waals surface area (Å²) in [6.07, 6.45) is 3.48. The molecule has 0 radical (unpaired) electrons. The van der Waals surface area contributed by atoms with Crippen molar-refractivity contribution in [2.24, 2.45) is 0 Å². The Morgan fingerprint density at radius 2 is 2.40 bits per heavy atom. The van der Waals surface area contributed by atoms with Gasteiger partial charge in [0.25, 0.3) is 0 Å². The van der Waals surface area contributed by atoms with Crippen molar-refractivity contribution in [3.05, 3.63) is 36.6 Å². The van der Waals surface area contributed by atoms with E-state index in [2.05, 4.69) is 11.9 Å². The zero-order chi connectivity index (χ0) is 11.3. The Bertz CT molecular complexity index is 384. The van der Waals surface area contributed by atoms with Gasteiger partial charge in [-0.1, -0.05) is 6.58 Å². The smallest absolute Gasteiger partial charge is 0.135 e. The van der Waals surface area contributed by atoms with Gasteiger partial charge >= 0.3 is 0 Å². The summed E-state index contributed by atoms with van der Waals surface area (Å²) in [4.78, 5) is 0. The number of aromatic nitrogens is 1. The van der Waals surface area contributed by atoms with Gasteiger partial charge in [-0.15, -0.1) is 0 Å². The maximum Gasteiger partial charge on any atom is 0.135 e. The molecule has 15 heavy (non-hydrogen) atoms. The van der Waals surface area contributed by atoms with Gasteiger partial charge < -0.3 is 14.6 Å². The number of methoxy groups -OCH3 is 1. The molecular weight excluding hydrogens is 190 g/mol.